The normalized spacial score (nSPS) is 17.2. The third-order valence-electron chi connectivity index (χ3n) is 3.13. The molecule has 0 aliphatic heterocycles. The van der Waals surface area contributed by atoms with Gasteiger partial charge in [-0.05, 0) is 0 Å². The van der Waals surface area contributed by atoms with Crippen LogP contribution in [0, 0.1) is 11.3 Å². The number of carbonyl (C=O) groups is 2. The third kappa shape index (κ3) is 1.74. The van der Waals surface area contributed by atoms with E-state index >= 15 is 0 Å². The molecule has 1 N–H and O–H groups in total. The van der Waals surface area contributed by atoms with Crippen LogP contribution in [0.2, 0.25) is 0 Å². The second-order valence-electron chi connectivity index (χ2n) is 5.44. The van der Waals surface area contributed by atoms with Gasteiger partial charge in [0.25, 0.3) is 0 Å². The second-order valence-corrected chi connectivity index (χ2v) is 5.44. The molecular weight excluding hydrogens is 230 g/mol. The van der Waals surface area contributed by atoms with Gasteiger partial charge in [0.2, 0.25) is 0 Å². The Morgan fingerprint density at radius 2 is 1.56 bits per heavy atom. The number of fused-ring (bicyclic) bond motifs is 1. The molecule has 1 aromatic rings. The van der Waals surface area contributed by atoms with E-state index in [0.29, 0.717) is 11.1 Å². The zero-order valence-corrected chi connectivity index (χ0v) is 10.6. The molecule has 0 amide bonds. The summed E-state index contributed by atoms with van der Waals surface area (Å²) >= 11 is 0. The number of oxime groups is 1. The predicted octanol–water partition coefficient (Wildman–Crippen LogP) is 2.56. The fourth-order valence-corrected chi connectivity index (χ4v) is 2.23. The Morgan fingerprint density at radius 3 is 1.89 bits per heavy atom. The van der Waals surface area contributed by atoms with E-state index in [9.17, 15) is 9.59 Å². The van der Waals surface area contributed by atoms with Crippen LogP contribution in [0.4, 0.5) is 0 Å². The van der Waals surface area contributed by atoms with Crippen molar-refractivity contribution in [3.63, 3.8) is 0 Å². The third-order valence-corrected chi connectivity index (χ3v) is 3.13. The van der Waals surface area contributed by atoms with Crippen LogP contribution in [0.1, 0.15) is 41.5 Å². The van der Waals surface area contributed by atoms with Crippen LogP contribution in [0.3, 0.4) is 0 Å². The zero-order chi connectivity index (χ0) is 13.5. The number of Topliss-reactive ketones (excluding diaryl/α,β-unsaturated/α-hetero) is 2. The van der Waals surface area contributed by atoms with Gasteiger partial charge in [0.15, 0.2) is 11.6 Å². The van der Waals surface area contributed by atoms with E-state index in [4.69, 9.17) is 5.21 Å². The minimum absolute atomic E-state index is 0.216. The van der Waals surface area contributed by atoms with Crippen molar-refractivity contribution in [3.8, 4) is 0 Å². The highest BCUT2D eigenvalue weighted by atomic mass is 16.4. The Labute approximate surface area is 105 Å². The van der Waals surface area contributed by atoms with Gasteiger partial charge in [-0.25, -0.2) is 0 Å². The first-order valence-electron chi connectivity index (χ1n) is 5.78. The number of benzene rings is 1. The van der Waals surface area contributed by atoms with Gasteiger partial charge in [-0.2, -0.15) is 0 Å². The molecule has 4 heteroatoms. The van der Waals surface area contributed by atoms with Crippen molar-refractivity contribution < 1.29 is 14.8 Å². The smallest absolute Gasteiger partial charge is 0.180 e. The van der Waals surface area contributed by atoms with Crippen LogP contribution < -0.4 is 0 Å². The van der Waals surface area contributed by atoms with Crippen molar-refractivity contribution in [1.29, 1.82) is 0 Å². The number of hydrogen-bond donors (Lipinski definition) is 1. The van der Waals surface area contributed by atoms with Crippen molar-refractivity contribution in [1.82, 2.24) is 0 Å². The number of ketones is 2. The van der Waals surface area contributed by atoms with E-state index < -0.39 is 11.3 Å². The van der Waals surface area contributed by atoms with Crippen LogP contribution in [-0.2, 0) is 0 Å². The van der Waals surface area contributed by atoms with Crippen molar-refractivity contribution in [3.05, 3.63) is 35.4 Å². The molecule has 0 unspecified atom stereocenters. The molecule has 0 bridgehead atoms. The minimum atomic E-state index is -0.979. The van der Waals surface area contributed by atoms with Crippen LogP contribution in [0.5, 0.6) is 0 Å². The largest absolute Gasteiger partial charge is 0.411 e. The topological polar surface area (TPSA) is 66.7 Å². The van der Waals surface area contributed by atoms with Crippen LogP contribution in [0.25, 0.3) is 0 Å². The van der Waals surface area contributed by atoms with Gasteiger partial charge in [-0.1, -0.05) is 50.2 Å². The molecule has 1 aromatic carbocycles. The Morgan fingerprint density at radius 1 is 1.11 bits per heavy atom. The summed E-state index contributed by atoms with van der Waals surface area (Å²) in [6, 6.07) is 6.71. The molecule has 0 saturated heterocycles. The number of nitrogens with zero attached hydrogens (tertiary/aromatic N) is 1. The van der Waals surface area contributed by atoms with Gasteiger partial charge < -0.3 is 5.21 Å². The highest BCUT2D eigenvalue weighted by molar-refractivity contribution is 6.36. The maximum absolute atomic E-state index is 12.2. The summed E-state index contributed by atoms with van der Waals surface area (Å²) in [6.07, 6.45) is 0. The summed E-state index contributed by atoms with van der Waals surface area (Å²) in [5, 5.41) is 12.3. The van der Waals surface area contributed by atoms with Crippen LogP contribution in [-0.4, -0.2) is 22.5 Å². The van der Waals surface area contributed by atoms with E-state index in [1.54, 1.807) is 24.3 Å². The zero-order valence-electron chi connectivity index (χ0n) is 10.6. The summed E-state index contributed by atoms with van der Waals surface area (Å²) in [5.74, 6) is -1.54. The quantitative estimate of drug-likeness (QED) is 0.358. The lowest BCUT2D eigenvalue weighted by Crippen LogP contribution is -2.35. The summed E-state index contributed by atoms with van der Waals surface area (Å²) in [4.78, 5) is 24.5. The predicted molar refractivity (Wildman–Crippen MR) is 67.3 cm³/mol. The van der Waals surface area contributed by atoms with Gasteiger partial charge in [0.05, 0.1) is 5.71 Å². The Kier molecular flexibility index (Phi) is 2.81. The molecule has 0 atom stereocenters. The molecular formula is C14H15NO3. The standard InChI is InChI=1S/C14H15NO3/c1-14(2,3)13(15-18)10-11(16)8-6-4-5-7-9(8)12(10)17/h4-7,10,18H,1-3H3/b15-13-. The van der Waals surface area contributed by atoms with Crippen molar-refractivity contribution in [2.24, 2.45) is 16.5 Å². The SMILES string of the molecule is CC(C)(C)/C(=N\O)C1C(=O)c2ccccc2C1=O. The first-order valence-corrected chi connectivity index (χ1v) is 5.78. The van der Waals surface area contributed by atoms with Crippen LogP contribution in [0.15, 0.2) is 29.4 Å². The molecule has 4 nitrogen and oxygen atoms in total. The molecule has 0 aromatic heterocycles. The first kappa shape index (κ1) is 12.5. The summed E-state index contributed by atoms with van der Waals surface area (Å²) in [5.41, 5.74) is 0.511. The maximum Gasteiger partial charge on any atom is 0.180 e. The molecule has 0 radical (unpaired) electrons. The first-order chi connectivity index (χ1) is 8.38. The molecule has 0 fully saturated rings. The second kappa shape index (κ2) is 4.05. The Bertz CT molecular complexity index is 517. The summed E-state index contributed by atoms with van der Waals surface area (Å²) < 4.78 is 0. The van der Waals surface area contributed by atoms with Crippen molar-refractivity contribution in [2.75, 3.05) is 0 Å². The summed E-state index contributed by atoms with van der Waals surface area (Å²) in [6.45, 7) is 5.43. The highest BCUT2D eigenvalue weighted by Gasteiger charge is 2.45. The average molecular weight is 245 g/mol. The Hall–Kier alpha value is -1.97. The van der Waals surface area contributed by atoms with Gasteiger partial charge in [0.1, 0.15) is 5.92 Å². The van der Waals surface area contributed by atoms with Gasteiger partial charge >= 0.3 is 0 Å². The molecule has 0 heterocycles. The monoisotopic (exact) mass is 245 g/mol. The van der Waals surface area contributed by atoms with Gasteiger partial charge in [-0.3, -0.25) is 9.59 Å². The van der Waals surface area contributed by atoms with E-state index in [-0.39, 0.29) is 17.3 Å². The average Bonchev–Trinajstić information content (AvgIpc) is 2.54. The molecule has 94 valence electrons. The lowest BCUT2D eigenvalue weighted by atomic mass is 9.80. The fraction of sp³-hybridized carbons (Fsp3) is 0.357. The lowest BCUT2D eigenvalue weighted by molar-refractivity contribution is 0.0874. The van der Waals surface area contributed by atoms with Crippen molar-refractivity contribution in [2.45, 2.75) is 20.8 Å². The molecule has 2 rings (SSSR count). The minimum Gasteiger partial charge on any atom is -0.411 e. The molecule has 18 heavy (non-hydrogen) atoms. The lowest BCUT2D eigenvalue weighted by Gasteiger charge is -2.22. The van der Waals surface area contributed by atoms with E-state index in [2.05, 4.69) is 5.16 Å². The van der Waals surface area contributed by atoms with Crippen LogP contribution >= 0.6 is 0 Å². The van der Waals surface area contributed by atoms with Gasteiger partial charge in [0, 0.05) is 16.5 Å². The van der Waals surface area contributed by atoms with E-state index in [1.165, 1.54) is 0 Å². The number of carbonyl (C=O) groups excluding carboxylic acids is 2. The number of rotatable bonds is 1. The molecule has 1 aliphatic rings. The Balaban J connectivity index is 2.52. The summed E-state index contributed by atoms with van der Waals surface area (Å²) in [7, 11) is 0. The van der Waals surface area contributed by atoms with Gasteiger partial charge in [-0.15, -0.1) is 0 Å². The maximum atomic E-state index is 12.2. The van der Waals surface area contributed by atoms with E-state index in [0.717, 1.165) is 0 Å². The fourth-order valence-electron chi connectivity index (χ4n) is 2.23. The van der Waals surface area contributed by atoms with E-state index in [1.807, 2.05) is 20.8 Å². The molecule has 0 saturated carbocycles. The molecule has 0 spiro atoms. The molecule has 1 aliphatic carbocycles. The van der Waals surface area contributed by atoms with Crippen molar-refractivity contribution >= 4 is 17.3 Å². The highest BCUT2D eigenvalue weighted by Crippen LogP contribution is 2.33. The number of hydrogen-bond acceptors (Lipinski definition) is 4.